The van der Waals surface area contributed by atoms with Crippen molar-refractivity contribution < 1.29 is 23.5 Å². The number of aryl methyl sites for hydroxylation is 3. The number of tetrazole rings is 1. The Hall–Kier alpha value is -2.54. The highest BCUT2D eigenvalue weighted by Crippen LogP contribution is 2.55. The van der Waals surface area contributed by atoms with E-state index in [4.69, 9.17) is 14.3 Å². The maximum Gasteiger partial charge on any atom is 0.355 e. The molecule has 1 aliphatic rings. The van der Waals surface area contributed by atoms with Crippen LogP contribution < -0.4 is 0 Å². The topological polar surface area (TPSA) is 134 Å². The van der Waals surface area contributed by atoms with E-state index in [0.717, 1.165) is 62.7 Å². The van der Waals surface area contributed by atoms with Crippen LogP contribution in [-0.2, 0) is 32.3 Å². The second-order valence-electron chi connectivity index (χ2n) is 15.9. The summed E-state index contributed by atoms with van der Waals surface area (Å²) in [6.45, 7) is 23.5. The van der Waals surface area contributed by atoms with Gasteiger partial charge in [0.2, 0.25) is 11.1 Å². The predicted octanol–water partition coefficient (Wildman–Crippen LogP) is 7.59. The average Bonchev–Trinajstić information content (AvgIpc) is 3.68. The number of nitrogens with zero attached hydrogens (tertiary/aromatic N) is 7. The molecule has 0 radical (unpaired) electrons. The van der Waals surface area contributed by atoms with Crippen molar-refractivity contribution in [3.63, 3.8) is 0 Å². The van der Waals surface area contributed by atoms with Crippen molar-refractivity contribution in [3.05, 3.63) is 30.1 Å². The predicted molar refractivity (Wildman–Crippen MR) is 220 cm³/mol. The van der Waals surface area contributed by atoms with Crippen LogP contribution in [0.1, 0.15) is 110 Å². The maximum absolute atomic E-state index is 14.7. The van der Waals surface area contributed by atoms with Gasteiger partial charge in [0.1, 0.15) is 17.7 Å². The number of ether oxygens (including phenoxy) is 1. The first-order valence-corrected chi connectivity index (χ1v) is 25.7. The summed E-state index contributed by atoms with van der Waals surface area (Å²) >= 11 is 1.52. The van der Waals surface area contributed by atoms with Crippen LogP contribution in [0.25, 0.3) is 0 Å². The van der Waals surface area contributed by atoms with Gasteiger partial charge in [0.15, 0.2) is 14.1 Å². The van der Waals surface area contributed by atoms with E-state index in [1.807, 2.05) is 24.6 Å². The molecule has 15 heteroatoms. The number of Topliss-reactive ketones (excluding diaryl/α,β-unsaturated/α-hetero) is 1. The molecule has 1 fully saturated rings. The molecule has 12 nitrogen and oxygen atoms in total. The Kier molecular flexibility index (Phi) is 16.8. The molecule has 2 aromatic rings. The number of ketones is 1. The zero-order chi connectivity index (χ0) is 39.6. The number of β-lactam (4-membered cyclic amide) rings is 1. The number of esters is 1. The highest BCUT2D eigenvalue weighted by molar-refractivity contribution is 7.99. The van der Waals surface area contributed by atoms with Crippen LogP contribution in [0.4, 0.5) is 0 Å². The molecule has 53 heavy (non-hydrogen) atoms. The molecular formula is C38H66N7O5PSSi. The summed E-state index contributed by atoms with van der Waals surface area (Å²) in [6, 6.07) is 1.26. The van der Waals surface area contributed by atoms with Gasteiger partial charge < -0.3 is 14.1 Å². The van der Waals surface area contributed by atoms with Crippen molar-refractivity contribution in [2.75, 3.05) is 30.8 Å². The Morgan fingerprint density at radius 3 is 2.21 bits per heavy atom. The largest absolute Gasteiger partial charge is 0.457 e. The summed E-state index contributed by atoms with van der Waals surface area (Å²) in [7, 11) is -0.489. The number of aromatic nitrogens is 6. The van der Waals surface area contributed by atoms with E-state index >= 15 is 0 Å². The van der Waals surface area contributed by atoms with E-state index in [1.165, 1.54) is 11.8 Å². The van der Waals surface area contributed by atoms with Crippen molar-refractivity contribution in [2.24, 2.45) is 13.0 Å². The highest BCUT2D eigenvalue weighted by atomic mass is 32.2. The zero-order valence-electron chi connectivity index (χ0n) is 34.3. The number of likely N-dealkylation sites (tertiary alicyclic amines) is 1. The third-order valence-electron chi connectivity index (χ3n) is 10.8. The molecule has 2 aromatic heterocycles. The molecule has 298 valence electrons. The lowest BCUT2D eigenvalue weighted by molar-refractivity contribution is -0.156. The Labute approximate surface area is 323 Å². The SMILES string of the molecule is C=CCOC(=O)C(N1C(=O)[C@H]([C@@H](C)O[Si](C)(C)C(C)(C)C)[C@H]1CC(=O)c1cc(C)n(CCSc2nnnn2C)n1)=P(CCCC)(CCCC)CCCC. The van der Waals surface area contributed by atoms with E-state index in [2.05, 4.69) is 76.7 Å². The van der Waals surface area contributed by atoms with Crippen LogP contribution >= 0.6 is 18.6 Å². The summed E-state index contributed by atoms with van der Waals surface area (Å²) in [5.74, 6) is -0.670. The Balaban J connectivity index is 2.12. The van der Waals surface area contributed by atoms with Crippen LogP contribution in [0.5, 0.6) is 0 Å². The molecular weight excluding hydrogens is 726 g/mol. The number of hydrogen-bond acceptors (Lipinski definition) is 10. The maximum atomic E-state index is 14.7. The highest BCUT2D eigenvalue weighted by Gasteiger charge is 2.56. The minimum absolute atomic E-state index is 0.0327. The number of hydrogen-bond donors (Lipinski definition) is 0. The molecule has 3 heterocycles. The molecule has 0 bridgehead atoms. The summed E-state index contributed by atoms with van der Waals surface area (Å²) in [5.41, 5.74) is 1.73. The molecule has 3 atom stereocenters. The molecule has 1 amide bonds. The van der Waals surface area contributed by atoms with Crippen molar-refractivity contribution >= 4 is 50.0 Å². The van der Waals surface area contributed by atoms with Crippen LogP contribution in [0.15, 0.2) is 23.9 Å². The van der Waals surface area contributed by atoms with Gasteiger partial charge in [-0.1, -0.05) is 92.1 Å². The van der Waals surface area contributed by atoms with Crippen LogP contribution in [0, 0.1) is 12.8 Å². The van der Waals surface area contributed by atoms with Gasteiger partial charge in [-0.05, 0) is 86.2 Å². The average molecular weight is 792 g/mol. The van der Waals surface area contributed by atoms with Gasteiger partial charge >= 0.3 is 5.97 Å². The van der Waals surface area contributed by atoms with Gasteiger partial charge in [0, 0.05) is 24.9 Å². The quantitative estimate of drug-likeness (QED) is 0.0211. The van der Waals surface area contributed by atoms with Crippen LogP contribution in [-0.4, -0.2) is 109 Å². The lowest BCUT2D eigenvalue weighted by Gasteiger charge is -2.53. The van der Waals surface area contributed by atoms with E-state index in [1.54, 1.807) is 22.7 Å². The van der Waals surface area contributed by atoms with Gasteiger partial charge in [0.05, 0.1) is 24.6 Å². The van der Waals surface area contributed by atoms with Crippen molar-refractivity contribution in [1.82, 2.24) is 34.9 Å². The Morgan fingerprint density at radius 1 is 1.09 bits per heavy atom. The summed E-state index contributed by atoms with van der Waals surface area (Å²) in [5, 5.41) is 17.0. The number of thioether (sulfide) groups is 1. The van der Waals surface area contributed by atoms with E-state index in [-0.39, 0.29) is 29.8 Å². The van der Waals surface area contributed by atoms with Crippen molar-refractivity contribution in [2.45, 2.75) is 142 Å². The minimum Gasteiger partial charge on any atom is -0.457 e. The minimum atomic E-state index is -2.28. The monoisotopic (exact) mass is 791 g/mol. The molecule has 0 spiro atoms. The number of amides is 1. The molecule has 1 saturated heterocycles. The van der Waals surface area contributed by atoms with Crippen LogP contribution in [0.3, 0.4) is 0 Å². The smallest absolute Gasteiger partial charge is 0.355 e. The molecule has 0 unspecified atom stereocenters. The molecule has 0 saturated carbocycles. The normalized spacial score (nSPS) is 17.1. The molecule has 3 rings (SSSR count). The standard InChI is InChI=1S/C38H66N7O5PSSi/c1-13-17-22-51(23-18-14-2,24-19-15-3)35(36(48)49-21-16-4)45-31(33(34(45)47)29(6)50-53(11,12)38(7,8)9)27-32(46)30-26-28(5)44(40-30)20-25-52-37-39-41-42-43(37)10/h16,26,29,31,33H,4,13-15,17-25,27H2,1-3,5-12H3/t29-,31-,33-/m1/s1. The van der Waals surface area contributed by atoms with Gasteiger partial charge in [-0.3, -0.25) is 14.3 Å². The van der Waals surface area contributed by atoms with Crippen molar-refractivity contribution in [1.29, 1.82) is 0 Å². The second-order valence-corrected chi connectivity index (χ2v) is 25.8. The first kappa shape index (κ1) is 44.9. The van der Waals surface area contributed by atoms with Crippen molar-refractivity contribution in [3.8, 4) is 0 Å². The van der Waals surface area contributed by atoms with Gasteiger partial charge in [-0.25, -0.2) is 9.48 Å². The second kappa shape index (κ2) is 19.9. The zero-order valence-corrected chi connectivity index (χ0v) is 37.0. The molecule has 0 aliphatic carbocycles. The molecule has 1 aliphatic heterocycles. The number of carbonyl (C=O) groups is 3. The first-order chi connectivity index (χ1) is 25.0. The number of rotatable bonds is 23. The number of carbonyl (C=O) groups excluding carboxylic acids is 3. The Morgan fingerprint density at radius 2 is 1.70 bits per heavy atom. The fraction of sp³-hybridized carbons (Fsp3) is 0.737. The van der Waals surface area contributed by atoms with E-state index < -0.39 is 39.2 Å². The summed E-state index contributed by atoms with van der Waals surface area (Å²) in [4.78, 5) is 45.1. The Bertz CT molecular complexity index is 1590. The van der Waals surface area contributed by atoms with Crippen LogP contribution in [0.2, 0.25) is 18.1 Å². The molecule has 0 aromatic carbocycles. The molecule has 0 N–H and O–H groups in total. The summed E-state index contributed by atoms with van der Waals surface area (Å²) in [6.07, 6.45) is 9.62. The third kappa shape index (κ3) is 11.0. The summed E-state index contributed by atoms with van der Waals surface area (Å²) < 4.78 is 16.1. The first-order valence-electron chi connectivity index (χ1n) is 19.4. The third-order valence-corrected chi connectivity index (χ3v) is 21.2. The van der Waals surface area contributed by atoms with E-state index in [9.17, 15) is 14.4 Å². The fourth-order valence-electron chi connectivity index (χ4n) is 6.76. The van der Waals surface area contributed by atoms with Gasteiger partial charge in [0.25, 0.3) is 0 Å². The fourth-order valence-corrected chi connectivity index (χ4v) is 14.2. The lowest BCUT2D eigenvalue weighted by Crippen LogP contribution is -2.69. The lowest BCUT2D eigenvalue weighted by atomic mass is 9.80. The van der Waals surface area contributed by atoms with Gasteiger partial charge in [-0.2, -0.15) is 5.10 Å². The van der Waals surface area contributed by atoms with E-state index in [0.29, 0.717) is 28.6 Å². The number of unbranched alkanes of at least 4 members (excludes halogenated alkanes) is 3. The van der Waals surface area contributed by atoms with Gasteiger partial charge in [-0.15, -0.1) is 5.10 Å².